The van der Waals surface area contributed by atoms with E-state index in [0.29, 0.717) is 17.2 Å². The van der Waals surface area contributed by atoms with Crippen molar-refractivity contribution >= 4 is 17.4 Å². The van der Waals surface area contributed by atoms with Crippen LogP contribution in [0.4, 0.5) is 10.1 Å². The van der Waals surface area contributed by atoms with Crippen molar-refractivity contribution in [3.63, 3.8) is 0 Å². The number of anilines is 1. The second-order valence-corrected chi connectivity index (χ2v) is 5.47. The van der Waals surface area contributed by atoms with Gasteiger partial charge in [0.05, 0.1) is 17.3 Å². The van der Waals surface area contributed by atoms with Gasteiger partial charge >= 0.3 is 0 Å². The Morgan fingerprint density at radius 3 is 2.82 bits per heavy atom. The highest BCUT2D eigenvalue weighted by atomic mass is 32.2. The summed E-state index contributed by atoms with van der Waals surface area (Å²) in [5.74, 6) is 2.73. The largest absolute Gasteiger partial charge is 0.382 e. The van der Waals surface area contributed by atoms with Gasteiger partial charge in [0.25, 0.3) is 0 Å². The highest BCUT2D eigenvalue weighted by molar-refractivity contribution is 7.99. The van der Waals surface area contributed by atoms with Crippen LogP contribution in [0.2, 0.25) is 0 Å². The number of halogens is 1. The molecule has 0 amide bonds. The predicted octanol–water partition coefficient (Wildman–Crippen LogP) is 3.25. The van der Waals surface area contributed by atoms with Gasteiger partial charge in [0.1, 0.15) is 5.82 Å². The first-order chi connectivity index (χ1) is 8.29. The third-order valence-electron chi connectivity index (χ3n) is 3.02. The number of nitrogens with zero attached hydrogens (tertiary/aromatic N) is 1. The molecule has 1 N–H and O–H groups in total. The van der Waals surface area contributed by atoms with E-state index in [-0.39, 0.29) is 5.82 Å². The van der Waals surface area contributed by atoms with Crippen LogP contribution in [0.15, 0.2) is 18.2 Å². The van der Waals surface area contributed by atoms with Crippen LogP contribution in [0.3, 0.4) is 0 Å². The lowest BCUT2D eigenvalue weighted by molar-refractivity contribution is 0.514. The molecule has 90 valence electrons. The molecule has 2 rings (SSSR count). The quantitative estimate of drug-likeness (QED) is 0.894. The lowest BCUT2D eigenvalue weighted by atomic mass is 10.0. The van der Waals surface area contributed by atoms with Crippen LogP contribution in [0, 0.1) is 23.1 Å². The van der Waals surface area contributed by atoms with Gasteiger partial charge in [0.15, 0.2) is 0 Å². The van der Waals surface area contributed by atoms with Gasteiger partial charge in [0, 0.05) is 6.54 Å². The average Bonchev–Trinajstić information content (AvgIpc) is 2.38. The summed E-state index contributed by atoms with van der Waals surface area (Å²) in [4.78, 5) is 0. The SMILES string of the molecule is N#Cc1ccc(NCC2CCSCC2)c(F)c1. The van der Waals surface area contributed by atoms with Gasteiger partial charge < -0.3 is 5.32 Å². The van der Waals surface area contributed by atoms with E-state index in [0.717, 1.165) is 6.54 Å². The lowest BCUT2D eigenvalue weighted by Crippen LogP contribution is -2.19. The zero-order chi connectivity index (χ0) is 12.1. The Labute approximate surface area is 105 Å². The highest BCUT2D eigenvalue weighted by Gasteiger charge is 2.14. The fourth-order valence-electron chi connectivity index (χ4n) is 1.93. The van der Waals surface area contributed by atoms with Crippen LogP contribution < -0.4 is 5.32 Å². The maximum Gasteiger partial charge on any atom is 0.147 e. The van der Waals surface area contributed by atoms with Crippen molar-refractivity contribution in [2.45, 2.75) is 12.8 Å². The Hall–Kier alpha value is -1.21. The maximum atomic E-state index is 13.6. The number of hydrogen-bond acceptors (Lipinski definition) is 3. The van der Waals surface area contributed by atoms with Gasteiger partial charge in [-0.1, -0.05) is 0 Å². The van der Waals surface area contributed by atoms with E-state index in [4.69, 9.17) is 5.26 Å². The fourth-order valence-corrected chi connectivity index (χ4v) is 3.14. The van der Waals surface area contributed by atoms with Crippen LogP contribution in [0.25, 0.3) is 0 Å². The summed E-state index contributed by atoms with van der Waals surface area (Å²) in [5.41, 5.74) is 0.865. The van der Waals surface area contributed by atoms with Crippen molar-refractivity contribution < 1.29 is 4.39 Å². The topological polar surface area (TPSA) is 35.8 Å². The second-order valence-electron chi connectivity index (χ2n) is 4.24. The minimum atomic E-state index is -0.339. The Morgan fingerprint density at radius 1 is 1.41 bits per heavy atom. The first-order valence-corrected chi connectivity index (χ1v) is 6.96. The lowest BCUT2D eigenvalue weighted by Gasteiger charge is -2.22. The third-order valence-corrected chi connectivity index (χ3v) is 4.07. The van der Waals surface area contributed by atoms with E-state index in [1.807, 2.05) is 17.8 Å². The molecule has 1 fully saturated rings. The monoisotopic (exact) mass is 250 g/mol. The van der Waals surface area contributed by atoms with Crippen molar-refractivity contribution in [3.05, 3.63) is 29.6 Å². The molecule has 1 saturated heterocycles. The number of nitriles is 1. The van der Waals surface area contributed by atoms with Crippen LogP contribution in [0.1, 0.15) is 18.4 Å². The summed E-state index contributed by atoms with van der Waals surface area (Å²) < 4.78 is 13.6. The first kappa shape index (κ1) is 12.3. The molecule has 1 aliphatic heterocycles. The van der Waals surface area contributed by atoms with Crippen LogP contribution in [-0.2, 0) is 0 Å². The molecule has 0 spiro atoms. The molecule has 1 heterocycles. The Balaban J connectivity index is 1.92. The summed E-state index contributed by atoms with van der Waals surface area (Å²) in [6.45, 7) is 0.823. The zero-order valence-corrected chi connectivity index (χ0v) is 10.4. The summed E-state index contributed by atoms with van der Waals surface area (Å²) >= 11 is 1.99. The molecule has 0 saturated carbocycles. The third kappa shape index (κ3) is 3.37. The van der Waals surface area contributed by atoms with Gasteiger partial charge in [-0.2, -0.15) is 17.0 Å². The standard InChI is InChI=1S/C13H15FN2S/c14-12-7-11(8-15)1-2-13(12)16-9-10-3-5-17-6-4-10/h1-2,7,10,16H,3-6,9H2. The maximum absolute atomic E-state index is 13.6. The first-order valence-electron chi connectivity index (χ1n) is 5.81. The second kappa shape index (κ2) is 5.92. The van der Waals surface area contributed by atoms with Gasteiger partial charge in [-0.15, -0.1) is 0 Å². The molecule has 1 aromatic rings. The van der Waals surface area contributed by atoms with Crippen LogP contribution >= 0.6 is 11.8 Å². The van der Waals surface area contributed by atoms with Gasteiger partial charge in [-0.25, -0.2) is 4.39 Å². The normalized spacial score (nSPS) is 16.5. The molecule has 1 aromatic carbocycles. The van der Waals surface area contributed by atoms with Gasteiger partial charge in [-0.05, 0) is 48.5 Å². The van der Waals surface area contributed by atoms with Gasteiger partial charge in [-0.3, -0.25) is 0 Å². The zero-order valence-electron chi connectivity index (χ0n) is 9.58. The summed E-state index contributed by atoms with van der Waals surface area (Å²) in [6, 6.07) is 6.49. The number of nitrogens with one attached hydrogen (secondary N) is 1. The summed E-state index contributed by atoms with van der Waals surface area (Å²) in [7, 11) is 0. The highest BCUT2D eigenvalue weighted by Crippen LogP contribution is 2.23. The molecule has 17 heavy (non-hydrogen) atoms. The molecular formula is C13H15FN2S. The van der Waals surface area contributed by atoms with Crippen LogP contribution in [0.5, 0.6) is 0 Å². The van der Waals surface area contributed by atoms with E-state index in [1.165, 1.54) is 30.4 Å². The van der Waals surface area contributed by atoms with E-state index in [9.17, 15) is 4.39 Å². The van der Waals surface area contributed by atoms with Gasteiger partial charge in [0.2, 0.25) is 0 Å². The fraction of sp³-hybridized carbons (Fsp3) is 0.462. The number of rotatable bonds is 3. The average molecular weight is 250 g/mol. The Morgan fingerprint density at radius 2 is 2.18 bits per heavy atom. The molecular weight excluding hydrogens is 235 g/mol. The molecule has 1 aliphatic rings. The summed E-state index contributed by atoms with van der Waals surface area (Å²) in [6.07, 6.45) is 2.41. The van der Waals surface area contributed by atoms with E-state index in [1.54, 1.807) is 12.1 Å². The number of hydrogen-bond donors (Lipinski definition) is 1. The van der Waals surface area contributed by atoms with Crippen molar-refractivity contribution in [1.29, 1.82) is 5.26 Å². The minimum Gasteiger partial charge on any atom is -0.382 e. The van der Waals surface area contributed by atoms with Crippen LogP contribution in [-0.4, -0.2) is 18.1 Å². The Kier molecular flexibility index (Phi) is 4.27. The molecule has 2 nitrogen and oxygen atoms in total. The molecule has 0 bridgehead atoms. The Bertz CT molecular complexity index is 422. The van der Waals surface area contributed by atoms with E-state index < -0.39 is 0 Å². The molecule has 4 heteroatoms. The molecule has 0 unspecified atom stereocenters. The smallest absolute Gasteiger partial charge is 0.147 e. The van der Waals surface area contributed by atoms with Crippen molar-refractivity contribution in [2.75, 3.05) is 23.4 Å². The molecule has 0 aromatic heterocycles. The molecule has 0 radical (unpaired) electrons. The van der Waals surface area contributed by atoms with Crippen molar-refractivity contribution in [3.8, 4) is 6.07 Å². The van der Waals surface area contributed by atoms with E-state index >= 15 is 0 Å². The number of benzene rings is 1. The van der Waals surface area contributed by atoms with E-state index in [2.05, 4.69) is 5.32 Å². The molecule has 0 aliphatic carbocycles. The minimum absolute atomic E-state index is 0.339. The van der Waals surface area contributed by atoms with Crippen molar-refractivity contribution in [1.82, 2.24) is 0 Å². The summed E-state index contributed by atoms with van der Waals surface area (Å²) in [5, 5.41) is 11.8. The molecule has 0 atom stereocenters. The predicted molar refractivity (Wildman–Crippen MR) is 69.7 cm³/mol. The number of thioether (sulfide) groups is 1. The van der Waals surface area contributed by atoms with Crippen molar-refractivity contribution in [2.24, 2.45) is 5.92 Å².